The fourth-order valence-electron chi connectivity index (χ4n) is 3.59. The van der Waals surface area contributed by atoms with Crippen LogP contribution >= 0.6 is 24.0 Å². The Bertz CT molecular complexity index is 1080. The van der Waals surface area contributed by atoms with Crippen molar-refractivity contribution in [1.29, 1.82) is 0 Å². The van der Waals surface area contributed by atoms with E-state index in [1.54, 1.807) is 18.9 Å². The molecule has 1 aliphatic heterocycles. The summed E-state index contributed by atoms with van der Waals surface area (Å²) >= 11 is 7.39. The van der Waals surface area contributed by atoms with Crippen molar-refractivity contribution in [3.05, 3.63) is 71.7 Å². The molecular formula is C23H24N4O2S2. The van der Waals surface area contributed by atoms with Crippen molar-refractivity contribution < 1.29 is 9.26 Å². The van der Waals surface area contributed by atoms with Crippen LogP contribution in [0.1, 0.15) is 24.4 Å². The van der Waals surface area contributed by atoms with Gasteiger partial charge in [0.05, 0.1) is 18.2 Å². The van der Waals surface area contributed by atoms with Crippen LogP contribution in [0.25, 0.3) is 17.0 Å². The van der Waals surface area contributed by atoms with E-state index < -0.39 is 0 Å². The van der Waals surface area contributed by atoms with Crippen molar-refractivity contribution >= 4 is 34.7 Å². The van der Waals surface area contributed by atoms with Crippen LogP contribution < -0.4 is 5.32 Å². The summed E-state index contributed by atoms with van der Waals surface area (Å²) < 4.78 is 11.0. The SMILES string of the molecule is COCCN1C(=S)NC(c2ccc(SC)cc2)C(c2nc(-c3ccccc3)no2)=C1C. The molecule has 0 fully saturated rings. The first-order valence-corrected chi connectivity index (χ1v) is 11.6. The summed E-state index contributed by atoms with van der Waals surface area (Å²) in [5, 5.41) is 8.35. The summed E-state index contributed by atoms with van der Waals surface area (Å²) in [4.78, 5) is 7.95. The summed E-state index contributed by atoms with van der Waals surface area (Å²) in [5.41, 5.74) is 3.88. The fourth-order valence-corrected chi connectivity index (χ4v) is 4.35. The van der Waals surface area contributed by atoms with Crippen molar-refractivity contribution in [2.75, 3.05) is 26.5 Å². The maximum Gasteiger partial charge on any atom is 0.258 e. The van der Waals surface area contributed by atoms with E-state index in [0.29, 0.717) is 30.0 Å². The van der Waals surface area contributed by atoms with Crippen LogP contribution in [0, 0.1) is 0 Å². The van der Waals surface area contributed by atoms with E-state index in [9.17, 15) is 0 Å². The van der Waals surface area contributed by atoms with E-state index in [1.165, 1.54) is 4.90 Å². The summed E-state index contributed by atoms with van der Waals surface area (Å²) in [6.45, 7) is 3.22. The Labute approximate surface area is 191 Å². The van der Waals surface area contributed by atoms with Gasteiger partial charge >= 0.3 is 0 Å². The van der Waals surface area contributed by atoms with Gasteiger partial charge in [0.2, 0.25) is 5.82 Å². The molecule has 1 aromatic heterocycles. The Balaban J connectivity index is 1.78. The first kappa shape index (κ1) is 21.5. The van der Waals surface area contributed by atoms with Crippen molar-refractivity contribution in [2.45, 2.75) is 17.9 Å². The van der Waals surface area contributed by atoms with Gasteiger partial charge < -0.3 is 19.5 Å². The maximum atomic E-state index is 5.75. The minimum absolute atomic E-state index is 0.189. The van der Waals surface area contributed by atoms with Crippen LogP contribution in [0.3, 0.4) is 0 Å². The van der Waals surface area contributed by atoms with Gasteiger partial charge in [-0.25, -0.2) is 0 Å². The Morgan fingerprint density at radius 2 is 1.90 bits per heavy atom. The van der Waals surface area contributed by atoms with E-state index in [4.69, 9.17) is 26.5 Å². The topological polar surface area (TPSA) is 63.4 Å². The predicted molar refractivity (Wildman–Crippen MR) is 128 cm³/mol. The van der Waals surface area contributed by atoms with Gasteiger partial charge in [-0.15, -0.1) is 11.8 Å². The number of ether oxygens (including phenoxy) is 1. The minimum atomic E-state index is -0.189. The third-order valence-corrected chi connectivity index (χ3v) is 6.33. The second-order valence-electron chi connectivity index (χ2n) is 7.09. The van der Waals surface area contributed by atoms with Gasteiger partial charge in [-0.3, -0.25) is 0 Å². The monoisotopic (exact) mass is 452 g/mol. The van der Waals surface area contributed by atoms with E-state index in [1.807, 2.05) is 42.2 Å². The van der Waals surface area contributed by atoms with Crippen LogP contribution in [-0.2, 0) is 4.74 Å². The van der Waals surface area contributed by atoms with Gasteiger partial charge in [0.15, 0.2) is 5.11 Å². The smallest absolute Gasteiger partial charge is 0.258 e. The van der Waals surface area contributed by atoms with Gasteiger partial charge in [-0.2, -0.15) is 4.98 Å². The van der Waals surface area contributed by atoms with Gasteiger partial charge in [0, 0.05) is 29.8 Å². The Morgan fingerprint density at radius 3 is 2.58 bits per heavy atom. The third-order valence-electron chi connectivity index (χ3n) is 5.25. The second kappa shape index (κ2) is 9.64. The third kappa shape index (κ3) is 4.51. The number of hydrogen-bond donors (Lipinski definition) is 1. The molecule has 3 aromatic rings. The highest BCUT2D eigenvalue weighted by atomic mass is 32.2. The normalized spacial score (nSPS) is 16.5. The predicted octanol–water partition coefficient (Wildman–Crippen LogP) is 4.77. The molecule has 0 amide bonds. The van der Waals surface area contributed by atoms with E-state index in [2.05, 4.69) is 41.0 Å². The zero-order valence-electron chi connectivity index (χ0n) is 17.7. The number of hydrogen-bond acceptors (Lipinski definition) is 6. The molecule has 31 heavy (non-hydrogen) atoms. The number of thiocarbonyl (C=S) groups is 1. The van der Waals surface area contributed by atoms with E-state index in [-0.39, 0.29) is 6.04 Å². The quantitative estimate of drug-likeness (QED) is 0.406. The van der Waals surface area contributed by atoms with Crippen LogP contribution in [0.5, 0.6) is 0 Å². The summed E-state index contributed by atoms with van der Waals surface area (Å²) in [6.07, 6.45) is 2.07. The van der Waals surface area contributed by atoms with E-state index >= 15 is 0 Å². The van der Waals surface area contributed by atoms with Crippen LogP contribution in [-0.4, -0.2) is 46.7 Å². The number of aromatic nitrogens is 2. The first-order chi connectivity index (χ1) is 15.1. The lowest BCUT2D eigenvalue weighted by Gasteiger charge is -2.37. The number of rotatable bonds is 7. The number of nitrogens with one attached hydrogen (secondary N) is 1. The lowest BCUT2D eigenvalue weighted by atomic mass is 9.95. The average Bonchev–Trinajstić information content (AvgIpc) is 3.29. The maximum absolute atomic E-state index is 5.75. The lowest BCUT2D eigenvalue weighted by molar-refractivity contribution is 0.183. The van der Waals surface area contributed by atoms with Gasteiger partial charge in [0.25, 0.3) is 5.89 Å². The Kier molecular flexibility index (Phi) is 6.70. The van der Waals surface area contributed by atoms with Crippen molar-refractivity contribution in [3.63, 3.8) is 0 Å². The minimum Gasteiger partial charge on any atom is -0.383 e. The largest absolute Gasteiger partial charge is 0.383 e. The molecule has 1 unspecified atom stereocenters. The number of methoxy groups -OCH3 is 1. The van der Waals surface area contributed by atoms with E-state index in [0.717, 1.165) is 22.4 Å². The molecule has 0 saturated heterocycles. The number of thioether (sulfide) groups is 1. The molecule has 160 valence electrons. The molecule has 1 atom stereocenters. The molecule has 0 bridgehead atoms. The molecule has 6 nitrogen and oxygen atoms in total. The van der Waals surface area contributed by atoms with Gasteiger partial charge in [-0.05, 0) is 43.1 Å². The molecule has 2 heterocycles. The molecule has 0 radical (unpaired) electrons. The van der Waals surface area contributed by atoms with Gasteiger partial charge in [-0.1, -0.05) is 47.6 Å². The molecule has 1 aliphatic rings. The summed E-state index contributed by atoms with van der Waals surface area (Å²) in [7, 11) is 1.68. The zero-order valence-corrected chi connectivity index (χ0v) is 19.3. The number of nitrogens with zero attached hydrogens (tertiary/aromatic N) is 3. The standard InChI is InChI=1S/C23H24N4O2S2/c1-15-19(22-25-21(26-29-22)17-7-5-4-6-8-17)20(16-9-11-18(31-3)12-10-16)24-23(30)27(15)13-14-28-2/h4-12,20H,13-14H2,1-3H3,(H,24,30). The molecule has 2 aromatic carbocycles. The molecule has 8 heteroatoms. The molecule has 0 saturated carbocycles. The molecule has 0 spiro atoms. The second-order valence-corrected chi connectivity index (χ2v) is 8.35. The van der Waals surface area contributed by atoms with Crippen LogP contribution in [0.4, 0.5) is 0 Å². The van der Waals surface area contributed by atoms with Crippen molar-refractivity contribution in [1.82, 2.24) is 20.4 Å². The molecule has 4 rings (SSSR count). The summed E-state index contributed by atoms with van der Waals surface area (Å²) in [5.74, 6) is 1.04. The molecule has 0 aliphatic carbocycles. The van der Waals surface area contributed by atoms with Crippen molar-refractivity contribution in [3.8, 4) is 11.4 Å². The number of allylic oxidation sites excluding steroid dienone is 1. The Morgan fingerprint density at radius 1 is 1.16 bits per heavy atom. The zero-order chi connectivity index (χ0) is 21.8. The molecular weight excluding hydrogens is 428 g/mol. The fraction of sp³-hybridized carbons (Fsp3) is 0.261. The van der Waals surface area contributed by atoms with Crippen LogP contribution in [0.2, 0.25) is 0 Å². The highest BCUT2D eigenvalue weighted by Crippen LogP contribution is 2.37. The number of benzene rings is 2. The highest BCUT2D eigenvalue weighted by molar-refractivity contribution is 7.98. The lowest BCUT2D eigenvalue weighted by Crippen LogP contribution is -2.47. The van der Waals surface area contributed by atoms with Gasteiger partial charge in [0.1, 0.15) is 0 Å². The highest BCUT2D eigenvalue weighted by Gasteiger charge is 2.33. The summed E-state index contributed by atoms with van der Waals surface area (Å²) in [6, 6.07) is 18.1. The Hall–Kier alpha value is -2.68. The first-order valence-electron chi connectivity index (χ1n) is 9.93. The van der Waals surface area contributed by atoms with Crippen LogP contribution in [0.15, 0.2) is 69.7 Å². The molecule has 1 N–H and O–H groups in total. The van der Waals surface area contributed by atoms with Crippen molar-refractivity contribution in [2.24, 2.45) is 0 Å². The average molecular weight is 453 g/mol.